The van der Waals surface area contributed by atoms with Gasteiger partial charge in [0.1, 0.15) is 6.10 Å². The highest BCUT2D eigenvalue weighted by atomic mass is 35.5. The fourth-order valence-electron chi connectivity index (χ4n) is 1.71. The third-order valence-electron chi connectivity index (χ3n) is 2.75. The molecular formula is C12H14Cl2N2O2. The van der Waals surface area contributed by atoms with Gasteiger partial charge in [0.15, 0.2) is 0 Å². The van der Waals surface area contributed by atoms with Crippen molar-refractivity contribution in [3.05, 3.63) is 27.7 Å². The van der Waals surface area contributed by atoms with Crippen LogP contribution in [0, 0.1) is 6.92 Å². The zero-order valence-corrected chi connectivity index (χ0v) is 11.4. The van der Waals surface area contributed by atoms with Gasteiger partial charge in [0.2, 0.25) is 0 Å². The van der Waals surface area contributed by atoms with Crippen LogP contribution in [0.4, 0.5) is 5.69 Å². The summed E-state index contributed by atoms with van der Waals surface area (Å²) in [4.78, 5) is 12.0. The summed E-state index contributed by atoms with van der Waals surface area (Å²) in [5.41, 5.74) is 1.30. The monoisotopic (exact) mass is 288 g/mol. The van der Waals surface area contributed by atoms with Gasteiger partial charge < -0.3 is 15.4 Å². The first-order chi connectivity index (χ1) is 8.59. The van der Waals surface area contributed by atoms with Crippen LogP contribution in [0.2, 0.25) is 10.0 Å². The second kappa shape index (κ2) is 5.89. The van der Waals surface area contributed by atoms with Crippen LogP contribution in [0.15, 0.2) is 12.1 Å². The van der Waals surface area contributed by atoms with Crippen molar-refractivity contribution in [1.29, 1.82) is 0 Å². The Morgan fingerprint density at radius 1 is 1.50 bits per heavy atom. The average molecular weight is 289 g/mol. The first-order valence-electron chi connectivity index (χ1n) is 5.67. The number of morpholine rings is 1. The van der Waals surface area contributed by atoms with Crippen LogP contribution in [0.3, 0.4) is 0 Å². The molecule has 4 nitrogen and oxygen atoms in total. The molecule has 1 saturated heterocycles. The van der Waals surface area contributed by atoms with Gasteiger partial charge in [0.05, 0.1) is 22.3 Å². The second-order valence-electron chi connectivity index (χ2n) is 4.11. The van der Waals surface area contributed by atoms with Gasteiger partial charge in [-0.2, -0.15) is 0 Å². The van der Waals surface area contributed by atoms with Crippen LogP contribution < -0.4 is 10.6 Å². The van der Waals surface area contributed by atoms with E-state index in [1.807, 2.05) is 6.92 Å². The molecule has 1 aromatic carbocycles. The third-order valence-corrected chi connectivity index (χ3v) is 3.55. The number of nitrogens with one attached hydrogen (secondary N) is 2. The molecule has 2 N–H and O–H groups in total. The maximum Gasteiger partial charge on any atom is 0.254 e. The highest BCUT2D eigenvalue weighted by Crippen LogP contribution is 2.33. The smallest absolute Gasteiger partial charge is 0.254 e. The number of carbonyl (C=O) groups excluding carboxylic acids is 1. The largest absolute Gasteiger partial charge is 0.366 e. The number of aryl methyl sites for hydroxylation is 1. The van der Waals surface area contributed by atoms with Crippen LogP contribution in [0.5, 0.6) is 0 Å². The van der Waals surface area contributed by atoms with E-state index in [-0.39, 0.29) is 5.91 Å². The SMILES string of the molecule is Cc1ccc(Cl)c(NC(=O)C2CNCCO2)c1Cl. The van der Waals surface area contributed by atoms with Gasteiger partial charge in [-0.1, -0.05) is 29.3 Å². The van der Waals surface area contributed by atoms with Gasteiger partial charge in [0.25, 0.3) is 5.91 Å². The minimum Gasteiger partial charge on any atom is -0.366 e. The highest BCUT2D eigenvalue weighted by Gasteiger charge is 2.23. The van der Waals surface area contributed by atoms with E-state index in [4.69, 9.17) is 27.9 Å². The summed E-state index contributed by atoms with van der Waals surface area (Å²) in [6.07, 6.45) is -0.508. The molecule has 0 aliphatic carbocycles. The minimum atomic E-state index is -0.508. The van der Waals surface area contributed by atoms with Crippen molar-refractivity contribution in [3.8, 4) is 0 Å². The maximum atomic E-state index is 12.0. The molecule has 1 atom stereocenters. The summed E-state index contributed by atoms with van der Waals surface area (Å²) in [5, 5.41) is 6.69. The number of carbonyl (C=O) groups is 1. The molecule has 1 heterocycles. The van der Waals surface area contributed by atoms with Crippen LogP contribution in [-0.4, -0.2) is 31.7 Å². The van der Waals surface area contributed by atoms with Crippen molar-refractivity contribution in [2.45, 2.75) is 13.0 Å². The molecule has 18 heavy (non-hydrogen) atoms. The zero-order chi connectivity index (χ0) is 13.1. The van der Waals surface area contributed by atoms with Gasteiger partial charge in [-0.3, -0.25) is 4.79 Å². The molecule has 0 bridgehead atoms. The van der Waals surface area contributed by atoms with Gasteiger partial charge >= 0.3 is 0 Å². The number of amides is 1. The third kappa shape index (κ3) is 2.95. The molecular weight excluding hydrogens is 275 g/mol. The first-order valence-corrected chi connectivity index (χ1v) is 6.43. The minimum absolute atomic E-state index is 0.239. The van der Waals surface area contributed by atoms with Crippen molar-refractivity contribution in [2.75, 3.05) is 25.0 Å². The van der Waals surface area contributed by atoms with E-state index in [0.717, 1.165) is 12.1 Å². The Morgan fingerprint density at radius 2 is 2.28 bits per heavy atom. The molecule has 1 amide bonds. The molecule has 1 aliphatic heterocycles. The van der Waals surface area contributed by atoms with E-state index in [0.29, 0.717) is 28.9 Å². The molecule has 1 aromatic rings. The Morgan fingerprint density at radius 3 is 2.94 bits per heavy atom. The lowest BCUT2D eigenvalue weighted by molar-refractivity contribution is -0.128. The number of hydrogen-bond acceptors (Lipinski definition) is 3. The summed E-state index contributed by atoms with van der Waals surface area (Å²) < 4.78 is 5.36. The number of ether oxygens (including phenoxy) is 1. The van der Waals surface area contributed by atoms with Gasteiger partial charge in [0, 0.05) is 13.1 Å². The fourth-order valence-corrected chi connectivity index (χ4v) is 2.17. The molecule has 1 aliphatic rings. The van der Waals surface area contributed by atoms with Gasteiger partial charge in [-0.15, -0.1) is 0 Å². The predicted molar refractivity (Wildman–Crippen MR) is 72.4 cm³/mol. The summed E-state index contributed by atoms with van der Waals surface area (Å²) in [7, 11) is 0. The topological polar surface area (TPSA) is 50.4 Å². The number of hydrogen-bond donors (Lipinski definition) is 2. The molecule has 0 saturated carbocycles. The molecule has 0 spiro atoms. The molecule has 0 radical (unpaired) electrons. The molecule has 2 rings (SSSR count). The van der Waals surface area contributed by atoms with Crippen molar-refractivity contribution < 1.29 is 9.53 Å². The zero-order valence-electron chi connectivity index (χ0n) is 9.93. The quantitative estimate of drug-likeness (QED) is 0.877. The molecule has 1 unspecified atom stereocenters. The van der Waals surface area contributed by atoms with Gasteiger partial charge in [-0.25, -0.2) is 0 Å². The number of rotatable bonds is 2. The van der Waals surface area contributed by atoms with Gasteiger partial charge in [-0.05, 0) is 18.6 Å². The Bertz CT molecular complexity index is 460. The summed E-state index contributed by atoms with van der Waals surface area (Å²) in [5.74, 6) is -0.239. The van der Waals surface area contributed by atoms with E-state index in [1.54, 1.807) is 12.1 Å². The standard InChI is InChI=1S/C12H14Cl2N2O2/c1-7-2-3-8(13)11(10(7)14)16-12(17)9-6-15-4-5-18-9/h2-3,9,15H,4-6H2,1H3,(H,16,17). The predicted octanol–water partition coefficient (Wildman–Crippen LogP) is 2.23. The molecule has 6 heteroatoms. The first kappa shape index (κ1) is 13.6. The van der Waals surface area contributed by atoms with E-state index in [1.165, 1.54) is 0 Å². The molecule has 98 valence electrons. The average Bonchev–Trinajstić information content (AvgIpc) is 2.40. The van der Waals surface area contributed by atoms with Crippen LogP contribution in [0.1, 0.15) is 5.56 Å². The Kier molecular flexibility index (Phi) is 4.45. The van der Waals surface area contributed by atoms with E-state index >= 15 is 0 Å². The lowest BCUT2D eigenvalue weighted by Gasteiger charge is -2.23. The Labute approximate surface area is 116 Å². The van der Waals surface area contributed by atoms with Crippen molar-refractivity contribution in [2.24, 2.45) is 0 Å². The molecule has 1 fully saturated rings. The van der Waals surface area contributed by atoms with Crippen molar-refractivity contribution in [3.63, 3.8) is 0 Å². The highest BCUT2D eigenvalue weighted by molar-refractivity contribution is 6.40. The van der Waals surface area contributed by atoms with Crippen molar-refractivity contribution in [1.82, 2.24) is 5.32 Å². The fraction of sp³-hybridized carbons (Fsp3) is 0.417. The van der Waals surface area contributed by atoms with Crippen LogP contribution >= 0.6 is 23.2 Å². The van der Waals surface area contributed by atoms with Crippen LogP contribution in [0.25, 0.3) is 0 Å². The summed E-state index contributed by atoms with van der Waals surface area (Å²) >= 11 is 12.2. The lowest BCUT2D eigenvalue weighted by Crippen LogP contribution is -2.45. The Balaban J connectivity index is 2.13. The normalized spacial score (nSPS) is 19.6. The van der Waals surface area contributed by atoms with E-state index in [2.05, 4.69) is 10.6 Å². The maximum absolute atomic E-state index is 12.0. The van der Waals surface area contributed by atoms with E-state index < -0.39 is 6.10 Å². The lowest BCUT2D eigenvalue weighted by atomic mass is 10.2. The summed E-state index contributed by atoms with van der Waals surface area (Å²) in [6, 6.07) is 3.51. The van der Waals surface area contributed by atoms with Crippen LogP contribution in [-0.2, 0) is 9.53 Å². The Hall–Kier alpha value is -0.810. The number of anilines is 1. The van der Waals surface area contributed by atoms with Crippen molar-refractivity contribution >= 4 is 34.8 Å². The molecule has 0 aromatic heterocycles. The number of halogens is 2. The summed E-state index contributed by atoms with van der Waals surface area (Å²) in [6.45, 7) is 3.63. The van der Waals surface area contributed by atoms with E-state index in [9.17, 15) is 4.79 Å². The number of benzene rings is 1. The second-order valence-corrected chi connectivity index (χ2v) is 4.89.